The lowest BCUT2D eigenvalue weighted by molar-refractivity contribution is 0.335. The third kappa shape index (κ3) is 4.11. The van der Waals surface area contributed by atoms with Gasteiger partial charge in [0, 0.05) is 10.0 Å². The minimum absolute atomic E-state index is 0.0715. The number of hydrogen-bond donors (Lipinski definition) is 1. The largest absolute Gasteiger partial charge is 0.496 e. The maximum absolute atomic E-state index is 6.11. The van der Waals surface area contributed by atoms with Gasteiger partial charge in [-0.15, -0.1) is 0 Å². The van der Waals surface area contributed by atoms with E-state index in [-0.39, 0.29) is 12.1 Å². The molecule has 0 aliphatic carbocycles. The van der Waals surface area contributed by atoms with Gasteiger partial charge in [-0.1, -0.05) is 53.5 Å². The summed E-state index contributed by atoms with van der Waals surface area (Å²) in [6.45, 7) is 2.51. The van der Waals surface area contributed by atoms with E-state index in [1.165, 1.54) is 0 Å². The van der Waals surface area contributed by atoms with Gasteiger partial charge in [-0.3, -0.25) is 4.99 Å². The lowest BCUT2D eigenvalue weighted by Gasteiger charge is -2.20. The minimum Gasteiger partial charge on any atom is -0.496 e. The number of nitrogens with zero attached hydrogens (tertiary/aromatic N) is 1. The molecule has 1 N–H and O–H groups in total. The standard InChI is InChI=1S/C24H22Cl2N2O2/c1-3-30-20-6-4-5-19(29-2)21(20)24-27-22(15-7-11-17(25)12-8-15)23(28-24)16-9-13-18(26)14-10-16/h4-14,22-23H,3H2,1-2H3,(H,27,28). The molecular formula is C24H22Cl2N2O2. The second-order valence-corrected chi connectivity index (χ2v) is 7.79. The molecule has 0 saturated carbocycles. The van der Waals surface area contributed by atoms with Gasteiger partial charge in [0.15, 0.2) is 0 Å². The molecule has 154 valence electrons. The highest BCUT2D eigenvalue weighted by atomic mass is 35.5. The molecule has 0 fully saturated rings. The van der Waals surface area contributed by atoms with E-state index < -0.39 is 0 Å². The van der Waals surface area contributed by atoms with Crippen molar-refractivity contribution in [1.82, 2.24) is 5.32 Å². The number of nitrogens with one attached hydrogen (secondary N) is 1. The van der Waals surface area contributed by atoms with Crippen molar-refractivity contribution in [2.45, 2.75) is 19.0 Å². The van der Waals surface area contributed by atoms with Crippen LogP contribution in [-0.2, 0) is 0 Å². The Morgan fingerprint density at radius 1 is 0.867 bits per heavy atom. The molecule has 1 aliphatic heterocycles. The van der Waals surface area contributed by atoms with E-state index in [0.717, 1.165) is 28.3 Å². The summed E-state index contributed by atoms with van der Waals surface area (Å²) in [6, 6.07) is 21.2. The van der Waals surface area contributed by atoms with Crippen LogP contribution < -0.4 is 14.8 Å². The Labute approximate surface area is 186 Å². The molecule has 6 heteroatoms. The van der Waals surface area contributed by atoms with Crippen molar-refractivity contribution in [2.24, 2.45) is 4.99 Å². The first-order valence-corrected chi connectivity index (χ1v) is 10.5. The van der Waals surface area contributed by atoms with Crippen LogP contribution in [0.1, 0.15) is 35.7 Å². The molecule has 1 heterocycles. The molecule has 3 aromatic carbocycles. The fourth-order valence-corrected chi connectivity index (χ4v) is 3.92. The summed E-state index contributed by atoms with van der Waals surface area (Å²) in [5.74, 6) is 2.17. The Balaban J connectivity index is 1.81. The Kier molecular flexibility index (Phi) is 6.16. The molecule has 30 heavy (non-hydrogen) atoms. The fraction of sp³-hybridized carbons (Fsp3) is 0.208. The van der Waals surface area contributed by atoms with E-state index in [1.54, 1.807) is 7.11 Å². The number of rotatable bonds is 6. The maximum atomic E-state index is 6.11. The summed E-state index contributed by atoms with van der Waals surface area (Å²) in [5.41, 5.74) is 2.97. The highest BCUT2D eigenvalue weighted by Gasteiger charge is 2.34. The predicted molar refractivity (Wildman–Crippen MR) is 122 cm³/mol. The highest BCUT2D eigenvalue weighted by molar-refractivity contribution is 6.30. The van der Waals surface area contributed by atoms with Gasteiger partial charge >= 0.3 is 0 Å². The molecule has 1 aliphatic rings. The lowest BCUT2D eigenvalue weighted by atomic mass is 9.95. The van der Waals surface area contributed by atoms with Crippen molar-refractivity contribution in [2.75, 3.05) is 13.7 Å². The van der Waals surface area contributed by atoms with Gasteiger partial charge in [-0.25, -0.2) is 0 Å². The maximum Gasteiger partial charge on any atom is 0.137 e. The summed E-state index contributed by atoms with van der Waals surface area (Å²) in [7, 11) is 1.65. The molecule has 0 saturated heterocycles. The number of halogens is 2. The first-order chi connectivity index (χ1) is 14.6. The van der Waals surface area contributed by atoms with Crippen molar-refractivity contribution in [3.63, 3.8) is 0 Å². The molecule has 0 radical (unpaired) electrons. The smallest absolute Gasteiger partial charge is 0.137 e. The third-order valence-corrected chi connectivity index (χ3v) is 5.57. The van der Waals surface area contributed by atoms with Crippen molar-refractivity contribution >= 4 is 29.0 Å². The minimum atomic E-state index is -0.141. The summed E-state index contributed by atoms with van der Waals surface area (Å²) in [6.07, 6.45) is 0. The zero-order valence-electron chi connectivity index (χ0n) is 16.7. The Hall–Kier alpha value is -2.69. The molecule has 0 bridgehead atoms. The normalized spacial score (nSPS) is 17.9. The quantitative estimate of drug-likeness (QED) is 0.493. The van der Waals surface area contributed by atoms with Gasteiger partial charge in [-0.05, 0) is 54.4 Å². The van der Waals surface area contributed by atoms with Crippen LogP contribution in [0.25, 0.3) is 0 Å². The van der Waals surface area contributed by atoms with E-state index >= 15 is 0 Å². The Morgan fingerprint density at radius 3 is 2.07 bits per heavy atom. The van der Waals surface area contributed by atoms with Gasteiger partial charge in [-0.2, -0.15) is 0 Å². The zero-order valence-corrected chi connectivity index (χ0v) is 18.2. The average Bonchev–Trinajstić information content (AvgIpc) is 3.19. The molecule has 2 unspecified atom stereocenters. The second-order valence-electron chi connectivity index (χ2n) is 6.91. The summed E-state index contributed by atoms with van der Waals surface area (Å²) in [4.78, 5) is 5.06. The highest BCUT2D eigenvalue weighted by Crippen LogP contribution is 2.40. The Bertz CT molecular complexity index is 1050. The average molecular weight is 441 g/mol. The molecule has 0 aromatic heterocycles. The summed E-state index contributed by atoms with van der Waals surface area (Å²) < 4.78 is 11.5. The summed E-state index contributed by atoms with van der Waals surface area (Å²) >= 11 is 12.2. The molecule has 0 amide bonds. The topological polar surface area (TPSA) is 42.9 Å². The van der Waals surface area contributed by atoms with E-state index in [9.17, 15) is 0 Å². The van der Waals surface area contributed by atoms with E-state index in [4.69, 9.17) is 37.7 Å². The number of benzene rings is 3. The van der Waals surface area contributed by atoms with Crippen LogP contribution in [0.5, 0.6) is 11.5 Å². The number of ether oxygens (including phenoxy) is 2. The van der Waals surface area contributed by atoms with Gasteiger partial charge in [0.25, 0.3) is 0 Å². The molecule has 4 nitrogen and oxygen atoms in total. The molecule has 4 rings (SSSR count). The van der Waals surface area contributed by atoms with Crippen molar-refractivity contribution in [3.8, 4) is 11.5 Å². The monoisotopic (exact) mass is 440 g/mol. The van der Waals surface area contributed by atoms with Crippen molar-refractivity contribution < 1.29 is 9.47 Å². The zero-order chi connectivity index (χ0) is 21.1. The van der Waals surface area contributed by atoms with Gasteiger partial charge in [0.2, 0.25) is 0 Å². The number of methoxy groups -OCH3 is 1. The molecule has 0 spiro atoms. The van der Waals surface area contributed by atoms with Crippen LogP contribution in [0.4, 0.5) is 0 Å². The Morgan fingerprint density at radius 2 is 1.47 bits per heavy atom. The molecule has 3 aromatic rings. The molecular weight excluding hydrogens is 419 g/mol. The van der Waals surface area contributed by atoms with E-state index in [0.29, 0.717) is 22.4 Å². The number of amidine groups is 1. The van der Waals surface area contributed by atoms with Crippen LogP contribution >= 0.6 is 23.2 Å². The predicted octanol–water partition coefficient (Wildman–Crippen LogP) is 6.23. The van der Waals surface area contributed by atoms with Gasteiger partial charge < -0.3 is 14.8 Å². The number of hydrogen-bond acceptors (Lipinski definition) is 4. The van der Waals surface area contributed by atoms with Gasteiger partial charge in [0.1, 0.15) is 28.9 Å². The fourth-order valence-electron chi connectivity index (χ4n) is 3.67. The SMILES string of the molecule is CCOc1cccc(OC)c1C1=NC(c2ccc(Cl)cc2)C(c2ccc(Cl)cc2)N1. The van der Waals surface area contributed by atoms with E-state index in [2.05, 4.69) is 5.32 Å². The van der Waals surface area contributed by atoms with E-state index in [1.807, 2.05) is 73.7 Å². The first kappa shape index (κ1) is 20.6. The van der Waals surface area contributed by atoms with Gasteiger partial charge in [0.05, 0.1) is 19.8 Å². The lowest BCUT2D eigenvalue weighted by Crippen LogP contribution is -2.26. The summed E-state index contributed by atoms with van der Waals surface area (Å²) in [5, 5.41) is 4.99. The van der Waals surface area contributed by atoms with Crippen LogP contribution in [0, 0.1) is 0 Å². The number of aliphatic imine (C=N–C) groups is 1. The van der Waals surface area contributed by atoms with Crippen LogP contribution in [0.3, 0.4) is 0 Å². The van der Waals surface area contributed by atoms with Crippen LogP contribution in [-0.4, -0.2) is 19.6 Å². The van der Waals surface area contributed by atoms with Crippen molar-refractivity contribution in [1.29, 1.82) is 0 Å². The van der Waals surface area contributed by atoms with Crippen LogP contribution in [0.2, 0.25) is 10.0 Å². The molecule has 2 atom stereocenters. The second kappa shape index (κ2) is 8.99. The van der Waals surface area contributed by atoms with Crippen LogP contribution in [0.15, 0.2) is 71.7 Å². The van der Waals surface area contributed by atoms with Crippen molar-refractivity contribution in [3.05, 3.63) is 93.5 Å². The third-order valence-electron chi connectivity index (χ3n) is 5.06. The first-order valence-electron chi connectivity index (χ1n) is 9.76.